The van der Waals surface area contributed by atoms with Gasteiger partial charge in [0, 0.05) is 6.08 Å². The second-order valence-electron chi connectivity index (χ2n) is 3.65. The second kappa shape index (κ2) is 18.5. The minimum absolute atomic E-state index is 0.774. The molecule has 0 unspecified atom stereocenters. The van der Waals surface area contributed by atoms with Crippen LogP contribution in [0.15, 0.2) is 48.6 Å². The molecule has 0 aliphatic carbocycles. The van der Waals surface area contributed by atoms with Crippen LogP contribution < -0.4 is 0 Å². The molecule has 3 nitrogen and oxygen atoms in total. The van der Waals surface area contributed by atoms with Crippen molar-refractivity contribution in [1.29, 1.82) is 0 Å². The van der Waals surface area contributed by atoms with Gasteiger partial charge in [-0.15, -0.1) is 0 Å². The van der Waals surface area contributed by atoms with Gasteiger partial charge < -0.3 is 5.11 Å². The van der Waals surface area contributed by atoms with Crippen molar-refractivity contribution in [3.63, 3.8) is 0 Å². The van der Waals surface area contributed by atoms with Gasteiger partial charge in [-0.1, -0.05) is 63.1 Å². The fraction of sp³-hybridized carbons (Fsp3) is 0.375. The molecule has 0 fully saturated rings. The van der Waals surface area contributed by atoms with Crippen LogP contribution in [0.5, 0.6) is 0 Å². The quantitative estimate of drug-likeness (QED) is 0.408. The molecule has 3 heteroatoms. The van der Waals surface area contributed by atoms with Crippen LogP contribution in [0.2, 0.25) is 0 Å². The number of aldehydes is 1. The zero-order chi connectivity index (χ0) is 14.8. The SMILES string of the molecule is CCC/C=C/C=C/C(=O)O.CCCC=CC=CC=O. The molecular formula is C16H24O3. The molecule has 0 aliphatic heterocycles. The third-order valence-electron chi connectivity index (χ3n) is 1.83. The fourth-order valence-corrected chi connectivity index (χ4v) is 0.930. The summed E-state index contributed by atoms with van der Waals surface area (Å²) in [4.78, 5) is 19.6. The average molecular weight is 264 g/mol. The van der Waals surface area contributed by atoms with Crippen molar-refractivity contribution >= 4 is 12.3 Å². The number of aliphatic carboxylic acids is 1. The van der Waals surface area contributed by atoms with E-state index in [1.54, 1.807) is 12.2 Å². The molecule has 0 spiro atoms. The first-order chi connectivity index (χ1) is 9.18. The van der Waals surface area contributed by atoms with Crippen molar-refractivity contribution in [2.45, 2.75) is 39.5 Å². The summed E-state index contributed by atoms with van der Waals surface area (Å²) in [6.45, 7) is 4.19. The number of carboxylic acid groups (broad SMARTS) is 1. The van der Waals surface area contributed by atoms with Crippen LogP contribution in [0.1, 0.15) is 39.5 Å². The molecule has 0 bridgehead atoms. The lowest BCUT2D eigenvalue weighted by Gasteiger charge is -1.79. The Morgan fingerprint density at radius 2 is 1.42 bits per heavy atom. The summed E-state index contributed by atoms with van der Waals surface area (Å²) in [5.74, 6) is -0.902. The van der Waals surface area contributed by atoms with E-state index in [4.69, 9.17) is 5.11 Å². The molecule has 0 saturated heterocycles. The summed E-state index contributed by atoms with van der Waals surface area (Å²) < 4.78 is 0. The summed E-state index contributed by atoms with van der Waals surface area (Å²) in [6, 6.07) is 0. The Labute approximate surface area is 116 Å². The number of hydrogen-bond donors (Lipinski definition) is 1. The molecule has 0 radical (unpaired) electrons. The van der Waals surface area contributed by atoms with Crippen molar-refractivity contribution < 1.29 is 14.7 Å². The molecule has 0 aromatic rings. The molecular weight excluding hydrogens is 240 g/mol. The highest BCUT2D eigenvalue weighted by molar-refractivity contribution is 5.80. The molecule has 0 amide bonds. The molecule has 0 rings (SSSR count). The molecule has 0 aromatic heterocycles. The van der Waals surface area contributed by atoms with Crippen molar-refractivity contribution in [2.24, 2.45) is 0 Å². The van der Waals surface area contributed by atoms with Gasteiger partial charge in [-0.2, -0.15) is 0 Å². The Morgan fingerprint density at radius 3 is 1.84 bits per heavy atom. The maximum atomic E-state index is 9.91. The van der Waals surface area contributed by atoms with Crippen molar-refractivity contribution in [3.05, 3.63) is 48.6 Å². The molecule has 19 heavy (non-hydrogen) atoms. The molecule has 0 saturated carbocycles. The zero-order valence-corrected chi connectivity index (χ0v) is 11.8. The number of allylic oxidation sites excluding steroid dienone is 7. The maximum absolute atomic E-state index is 9.91. The van der Waals surface area contributed by atoms with Crippen LogP contribution in [-0.4, -0.2) is 17.4 Å². The summed E-state index contributed by atoms with van der Waals surface area (Å²) in [5.41, 5.74) is 0. The fourth-order valence-electron chi connectivity index (χ4n) is 0.930. The normalized spacial score (nSPS) is 11.3. The number of unbranched alkanes of at least 4 members (excludes halogenated alkanes) is 2. The van der Waals surface area contributed by atoms with Gasteiger partial charge in [0.1, 0.15) is 6.29 Å². The molecule has 0 heterocycles. The standard InChI is InChI=1S/C8H12O2.C8H12O/c1-2-3-4-5-6-7-8(9)10;1-2-3-4-5-6-7-8-9/h4-7H,2-3H2,1H3,(H,9,10);4-8H,2-3H2,1H3/b5-4+,7-6+;. The number of carbonyl (C=O) groups is 2. The van der Waals surface area contributed by atoms with Crippen molar-refractivity contribution in [3.8, 4) is 0 Å². The Kier molecular flexibility index (Phi) is 18.9. The number of rotatable bonds is 8. The maximum Gasteiger partial charge on any atom is 0.328 e. The lowest BCUT2D eigenvalue weighted by Crippen LogP contribution is -1.84. The van der Waals surface area contributed by atoms with Gasteiger partial charge in [-0.25, -0.2) is 4.79 Å². The summed E-state index contributed by atoms with van der Waals surface area (Å²) in [6.07, 6.45) is 18.6. The van der Waals surface area contributed by atoms with E-state index in [1.807, 2.05) is 18.2 Å². The minimum Gasteiger partial charge on any atom is -0.478 e. The smallest absolute Gasteiger partial charge is 0.328 e. The molecule has 0 aliphatic rings. The van der Waals surface area contributed by atoms with Crippen LogP contribution in [0, 0.1) is 0 Å². The van der Waals surface area contributed by atoms with Crippen molar-refractivity contribution in [1.82, 2.24) is 0 Å². The molecule has 1 N–H and O–H groups in total. The van der Waals surface area contributed by atoms with Crippen LogP contribution in [0.3, 0.4) is 0 Å². The third kappa shape index (κ3) is 26.0. The minimum atomic E-state index is -0.902. The van der Waals surface area contributed by atoms with Crippen LogP contribution in [0.25, 0.3) is 0 Å². The molecule has 0 atom stereocenters. The highest BCUT2D eigenvalue weighted by Crippen LogP contribution is 1.88. The van der Waals surface area contributed by atoms with Gasteiger partial charge >= 0.3 is 5.97 Å². The highest BCUT2D eigenvalue weighted by atomic mass is 16.4. The van der Waals surface area contributed by atoms with E-state index in [9.17, 15) is 9.59 Å². The zero-order valence-electron chi connectivity index (χ0n) is 11.8. The Balaban J connectivity index is 0. The van der Waals surface area contributed by atoms with E-state index in [-0.39, 0.29) is 0 Å². The number of carboxylic acids is 1. The van der Waals surface area contributed by atoms with Gasteiger partial charge in [-0.05, 0) is 18.9 Å². The van der Waals surface area contributed by atoms with Crippen molar-refractivity contribution in [2.75, 3.05) is 0 Å². The van der Waals surface area contributed by atoms with Gasteiger partial charge in [0.2, 0.25) is 0 Å². The Morgan fingerprint density at radius 1 is 0.895 bits per heavy atom. The first-order valence-electron chi connectivity index (χ1n) is 6.52. The average Bonchev–Trinajstić information content (AvgIpc) is 2.39. The molecule has 0 aromatic carbocycles. The first kappa shape index (κ1) is 19.4. The first-order valence-corrected chi connectivity index (χ1v) is 6.52. The summed E-state index contributed by atoms with van der Waals surface area (Å²) in [5, 5.41) is 8.15. The Bertz CT molecular complexity index is 323. The van der Waals surface area contributed by atoms with E-state index in [1.165, 1.54) is 12.2 Å². The van der Waals surface area contributed by atoms with E-state index in [0.29, 0.717) is 0 Å². The van der Waals surface area contributed by atoms with Crippen LogP contribution in [0.4, 0.5) is 0 Å². The lowest BCUT2D eigenvalue weighted by atomic mass is 10.3. The van der Waals surface area contributed by atoms with E-state index in [2.05, 4.69) is 13.8 Å². The summed E-state index contributed by atoms with van der Waals surface area (Å²) >= 11 is 0. The van der Waals surface area contributed by atoms with Crippen LogP contribution in [-0.2, 0) is 9.59 Å². The summed E-state index contributed by atoms with van der Waals surface area (Å²) in [7, 11) is 0. The van der Waals surface area contributed by atoms with Gasteiger partial charge in [0.15, 0.2) is 0 Å². The predicted octanol–water partition coefficient (Wildman–Crippen LogP) is 4.08. The highest BCUT2D eigenvalue weighted by Gasteiger charge is 1.79. The monoisotopic (exact) mass is 264 g/mol. The molecule has 106 valence electrons. The van der Waals surface area contributed by atoms with E-state index in [0.717, 1.165) is 38.0 Å². The van der Waals surface area contributed by atoms with Gasteiger partial charge in [0.25, 0.3) is 0 Å². The van der Waals surface area contributed by atoms with Gasteiger partial charge in [0.05, 0.1) is 0 Å². The Hall–Kier alpha value is -1.90. The lowest BCUT2D eigenvalue weighted by molar-refractivity contribution is -0.131. The van der Waals surface area contributed by atoms with E-state index < -0.39 is 5.97 Å². The predicted molar refractivity (Wildman–Crippen MR) is 80.1 cm³/mol. The largest absolute Gasteiger partial charge is 0.478 e. The number of hydrogen-bond acceptors (Lipinski definition) is 2. The number of carbonyl (C=O) groups excluding carboxylic acids is 1. The second-order valence-corrected chi connectivity index (χ2v) is 3.65. The topological polar surface area (TPSA) is 54.4 Å². The van der Waals surface area contributed by atoms with E-state index >= 15 is 0 Å². The van der Waals surface area contributed by atoms with Crippen LogP contribution >= 0.6 is 0 Å². The third-order valence-corrected chi connectivity index (χ3v) is 1.83. The van der Waals surface area contributed by atoms with Gasteiger partial charge in [-0.3, -0.25) is 4.79 Å².